The van der Waals surface area contributed by atoms with Crippen LogP contribution in [-0.4, -0.2) is 46.5 Å². The lowest BCUT2D eigenvalue weighted by Gasteiger charge is -2.13. The molecule has 2 N–H and O–H groups in total. The first-order valence-corrected chi connectivity index (χ1v) is 10.9. The van der Waals surface area contributed by atoms with Crippen LogP contribution in [0.15, 0.2) is 35.6 Å². The van der Waals surface area contributed by atoms with E-state index in [0.29, 0.717) is 6.10 Å². The van der Waals surface area contributed by atoms with Crippen LogP contribution in [0.1, 0.15) is 50.9 Å². The van der Waals surface area contributed by atoms with Crippen molar-refractivity contribution in [3.63, 3.8) is 0 Å². The highest BCUT2D eigenvalue weighted by Gasteiger charge is 2.16. The van der Waals surface area contributed by atoms with Crippen LogP contribution in [0.2, 0.25) is 0 Å². The molecule has 1 saturated carbocycles. The van der Waals surface area contributed by atoms with Crippen molar-refractivity contribution in [1.29, 1.82) is 0 Å². The number of aromatic nitrogens is 3. The number of guanidine groups is 1. The van der Waals surface area contributed by atoms with Crippen LogP contribution in [0.3, 0.4) is 0 Å². The summed E-state index contributed by atoms with van der Waals surface area (Å²) in [7, 11) is 0. The summed E-state index contributed by atoms with van der Waals surface area (Å²) in [5, 5.41) is 14.8. The van der Waals surface area contributed by atoms with Crippen LogP contribution in [0.25, 0.3) is 0 Å². The molecule has 0 bridgehead atoms. The van der Waals surface area contributed by atoms with E-state index >= 15 is 0 Å². The van der Waals surface area contributed by atoms with Crippen molar-refractivity contribution in [2.24, 2.45) is 4.99 Å². The molecule has 0 aliphatic heterocycles. The minimum atomic E-state index is 0. The summed E-state index contributed by atoms with van der Waals surface area (Å²) in [5.74, 6) is 2.84. The quantitative estimate of drug-likeness (QED) is 0.281. The summed E-state index contributed by atoms with van der Waals surface area (Å²) in [6.07, 6.45) is 8.95. The predicted molar refractivity (Wildman–Crippen MR) is 132 cm³/mol. The Morgan fingerprint density at radius 1 is 1.17 bits per heavy atom. The zero-order valence-electron chi connectivity index (χ0n) is 18.1. The molecule has 30 heavy (non-hydrogen) atoms. The van der Waals surface area contributed by atoms with Gasteiger partial charge in [0.25, 0.3) is 0 Å². The van der Waals surface area contributed by atoms with Gasteiger partial charge in [-0.2, -0.15) is 0 Å². The van der Waals surface area contributed by atoms with E-state index in [2.05, 4.69) is 63.5 Å². The van der Waals surface area contributed by atoms with Gasteiger partial charge in [-0.25, -0.2) is 0 Å². The second kappa shape index (κ2) is 13.5. The van der Waals surface area contributed by atoms with Crippen molar-refractivity contribution in [3.05, 3.63) is 42.0 Å². The third-order valence-corrected chi connectivity index (χ3v) is 5.20. The van der Waals surface area contributed by atoms with Crippen molar-refractivity contribution in [1.82, 2.24) is 25.4 Å². The Hall–Kier alpha value is -1.84. The molecule has 1 aliphatic carbocycles. The van der Waals surface area contributed by atoms with Crippen LogP contribution >= 0.6 is 24.0 Å². The van der Waals surface area contributed by atoms with Crippen LogP contribution < -0.4 is 15.4 Å². The Balaban J connectivity index is 0.00000320. The van der Waals surface area contributed by atoms with Crippen molar-refractivity contribution in [2.45, 2.75) is 65.0 Å². The Labute approximate surface area is 197 Å². The SMILES string of the molecule is CCNC(=NCCc1ccc(OC2CCCC2)cc1)NCCn1cnnc1CC.I. The molecule has 0 atom stereocenters. The summed E-state index contributed by atoms with van der Waals surface area (Å²) in [5.41, 5.74) is 1.28. The van der Waals surface area contributed by atoms with Crippen molar-refractivity contribution >= 4 is 29.9 Å². The standard InChI is InChI=1S/C22H34N6O.HI/c1-3-21-27-26-17-28(21)16-15-25-22(23-4-2)24-14-13-18-9-11-20(12-10-18)29-19-7-5-6-8-19;/h9-12,17,19H,3-8,13-16H2,1-2H3,(H2,23,24,25);1H. The average molecular weight is 526 g/mol. The van der Waals surface area contributed by atoms with Gasteiger partial charge >= 0.3 is 0 Å². The molecule has 1 aliphatic rings. The van der Waals surface area contributed by atoms with Gasteiger partial charge in [-0.05, 0) is 56.7 Å². The molecule has 0 saturated heterocycles. The molecule has 7 nitrogen and oxygen atoms in total. The maximum Gasteiger partial charge on any atom is 0.191 e. The monoisotopic (exact) mass is 526 g/mol. The number of rotatable bonds is 10. The number of aliphatic imine (C=N–C) groups is 1. The van der Waals surface area contributed by atoms with Gasteiger partial charge in [0.05, 0.1) is 6.10 Å². The van der Waals surface area contributed by atoms with Crippen molar-refractivity contribution < 1.29 is 4.74 Å². The molecule has 166 valence electrons. The Bertz CT molecular complexity index is 755. The van der Waals surface area contributed by atoms with E-state index in [4.69, 9.17) is 9.73 Å². The molecule has 1 heterocycles. The first kappa shape index (κ1) is 24.4. The molecular weight excluding hydrogens is 491 g/mol. The first-order valence-electron chi connectivity index (χ1n) is 10.9. The van der Waals surface area contributed by atoms with E-state index < -0.39 is 0 Å². The molecule has 1 aromatic carbocycles. The fourth-order valence-corrected chi connectivity index (χ4v) is 3.61. The molecule has 0 unspecified atom stereocenters. The van der Waals surface area contributed by atoms with Gasteiger partial charge in [0, 0.05) is 32.6 Å². The van der Waals surface area contributed by atoms with Gasteiger partial charge in [0.15, 0.2) is 5.96 Å². The van der Waals surface area contributed by atoms with Gasteiger partial charge in [-0.15, -0.1) is 34.2 Å². The molecule has 0 spiro atoms. The van der Waals surface area contributed by atoms with Gasteiger partial charge < -0.3 is 19.9 Å². The molecule has 1 aromatic heterocycles. The fraction of sp³-hybridized carbons (Fsp3) is 0.591. The zero-order chi connectivity index (χ0) is 20.3. The topological polar surface area (TPSA) is 76.4 Å². The number of hydrogen-bond donors (Lipinski definition) is 2. The van der Waals surface area contributed by atoms with E-state index in [0.717, 1.165) is 56.6 Å². The van der Waals surface area contributed by atoms with Gasteiger partial charge in [-0.3, -0.25) is 4.99 Å². The summed E-state index contributed by atoms with van der Waals surface area (Å²) >= 11 is 0. The van der Waals surface area contributed by atoms with Crippen LogP contribution in [-0.2, 0) is 19.4 Å². The Kier molecular flexibility index (Phi) is 11.0. The van der Waals surface area contributed by atoms with Gasteiger partial charge in [0.2, 0.25) is 0 Å². The normalized spacial score (nSPS) is 14.4. The van der Waals surface area contributed by atoms with Crippen molar-refractivity contribution in [3.8, 4) is 5.75 Å². The maximum atomic E-state index is 6.04. The number of nitrogens with one attached hydrogen (secondary N) is 2. The smallest absolute Gasteiger partial charge is 0.191 e. The molecule has 2 aromatic rings. The van der Waals surface area contributed by atoms with E-state index in [1.54, 1.807) is 6.33 Å². The lowest BCUT2D eigenvalue weighted by atomic mass is 10.1. The van der Waals surface area contributed by atoms with E-state index in [-0.39, 0.29) is 24.0 Å². The average Bonchev–Trinajstić information content (AvgIpc) is 3.41. The first-order chi connectivity index (χ1) is 14.3. The maximum absolute atomic E-state index is 6.04. The zero-order valence-corrected chi connectivity index (χ0v) is 20.5. The fourth-order valence-electron chi connectivity index (χ4n) is 3.61. The highest BCUT2D eigenvalue weighted by Crippen LogP contribution is 2.24. The number of halogens is 1. The number of nitrogens with zero attached hydrogens (tertiary/aromatic N) is 4. The van der Waals surface area contributed by atoms with E-state index in [1.807, 2.05) is 0 Å². The molecule has 0 amide bonds. The largest absolute Gasteiger partial charge is 0.490 e. The van der Waals surface area contributed by atoms with E-state index in [1.165, 1.54) is 31.2 Å². The number of benzene rings is 1. The molecule has 1 fully saturated rings. The Morgan fingerprint density at radius 3 is 2.63 bits per heavy atom. The highest BCUT2D eigenvalue weighted by atomic mass is 127. The van der Waals surface area contributed by atoms with Crippen molar-refractivity contribution in [2.75, 3.05) is 19.6 Å². The second-order valence-corrected chi connectivity index (χ2v) is 7.40. The lowest BCUT2D eigenvalue weighted by Crippen LogP contribution is -2.39. The van der Waals surface area contributed by atoms with Gasteiger partial charge in [-0.1, -0.05) is 19.1 Å². The molecule has 8 heteroatoms. The van der Waals surface area contributed by atoms with Crippen LogP contribution in [0, 0.1) is 0 Å². The van der Waals surface area contributed by atoms with Crippen LogP contribution in [0.5, 0.6) is 5.75 Å². The number of aryl methyl sites for hydroxylation is 1. The molecule has 0 radical (unpaired) electrons. The Morgan fingerprint density at radius 2 is 1.93 bits per heavy atom. The number of ether oxygens (including phenoxy) is 1. The highest BCUT2D eigenvalue weighted by molar-refractivity contribution is 14.0. The summed E-state index contributed by atoms with van der Waals surface area (Å²) in [6.45, 7) is 7.35. The summed E-state index contributed by atoms with van der Waals surface area (Å²) < 4.78 is 8.11. The predicted octanol–water partition coefficient (Wildman–Crippen LogP) is 3.58. The minimum absolute atomic E-state index is 0. The molecule has 3 rings (SSSR count). The lowest BCUT2D eigenvalue weighted by molar-refractivity contribution is 0.210. The summed E-state index contributed by atoms with van der Waals surface area (Å²) in [6, 6.07) is 8.48. The minimum Gasteiger partial charge on any atom is -0.490 e. The summed E-state index contributed by atoms with van der Waals surface area (Å²) in [4.78, 5) is 4.70. The second-order valence-electron chi connectivity index (χ2n) is 7.40. The number of hydrogen-bond acceptors (Lipinski definition) is 4. The van der Waals surface area contributed by atoms with Gasteiger partial charge in [0.1, 0.15) is 17.9 Å². The molecular formula is C22H35IN6O. The van der Waals surface area contributed by atoms with E-state index in [9.17, 15) is 0 Å². The third kappa shape index (κ3) is 7.77. The van der Waals surface area contributed by atoms with Crippen LogP contribution in [0.4, 0.5) is 0 Å². The third-order valence-electron chi connectivity index (χ3n) is 5.20.